The number of rotatable bonds is 16. The van der Waals surface area contributed by atoms with Crippen molar-refractivity contribution in [2.75, 3.05) is 0 Å². The van der Waals surface area contributed by atoms with Gasteiger partial charge in [-0.2, -0.15) is 41.5 Å². The van der Waals surface area contributed by atoms with Gasteiger partial charge in [0, 0.05) is 0 Å². The third-order valence-electron chi connectivity index (χ3n) is 6.33. The average Bonchev–Trinajstić information content (AvgIpc) is 2.89. The zero-order chi connectivity index (χ0) is 28.1. The molecule has 0 aliphatic rings. The second kappa shape index (κ2) is 18.4. The summed E-state index contributed by atoms with van der Waals surface area (Å²) in [5.74, 6) is 0. The summed E-state index contributed by atoms with van der Waals surface area (Å²) in [6, 6.07) is 8.80. The van der Waals surface area contributed by atoms with E-state index >= 15 is 0 Å². The summed E-state index contributed by atoms with van der Waals surface area (Å²) in [7, 11) is 0. The number of hydrogen-bond acceptors (Lipinski definition) is 8. The molecule has 0 aliphatic carbocycles. The van der Waals surface area contributed by atoms with Gasteiger partial charge in [-0.05, 0) is 65.7 Å². The molecular weight excluding hydrogens is 448 g/mol. The number of azo groups is 2. The van der Waals surface area contributed by atoms with E-state index in [2.05, 4.69) is 58.6 Å². The SMILES string of the molecule is CCCCCC(C)(C#N)/N=N/C(C#N)(CC)CC.CCCCCC(C)(C#N)/N=N/C(C)(C#N)CCC. The molecular formula is C28H48N8. The molecule has 36 heavy (non-hydrogen) atoms. The summed E-state index contributed by atoms with van der Waals surface area (Å²) in [6.07, 6.45) is 10.6. The van der Waals surface area contributed by atoms with Crippen molar-refractivity contribution < 1.29 is 0 Å². The molecule has 0 aliphatic heterocycles. The van der Waals surface area contributed by atoms with E-state index in [4.69, 9.17) is 5.26 Å². The maximum atomic E-state index is 9.21. The fraction of sp³-hybridized carbons (Fsp3) is 0.857. The summed E-state index contributed by atoms with van der Waals surface area (Å²) in [4.78, 5) is 0. The lowest BCUT2D eigenvalue weighted by Gasteiger charge is -2.20. The van der Waals surface area contributed by atoms with Crippen molar-refractivity contribution in [3.63, 3.8) is 0 Å². The van der Waals surface area contributed by atoms with Crippen molar-refractivity contribution >= 4 is 0 Å². The zero-order valence-electron chi connectivity index (χ0n) is 24.1. The third-order valence-corrected chi connectivity index (χ3v) is 6.33. The van der Waals surface area contributed by atoms with Crippen LogP contribution >= 0.6 is 0 Å². The molecule has 8 heteroatoms. The van der Waals surface area contributed by atoms with E-state index in [0.717, 1.165) is 44.9 Å². The van der Waals surface area contributed by atoms with E-state index in [9.17, 15) is 15.8 Å². The van der Waals surface area contributed by atoms with E-state index in [1.807, 2.05) is 20.8 Å². The summed E-state index contributed by atoms with van der Waals surface area (Å²) in [6.45, 7) is 15.5. The lowest BCUT2D eigenvalue weighted by molar-refractivity contribution is 0.422. The van der Waals surface area contributed by atoms with Crippen LogP contribution < -0.4 is 0 Å². The van der Waals surface area contributed by atoms with E-state index in [0.29, 0.717) is 32.1 Å². The number of nitrogens with zero attached hydrogens (tertiary/aromatic N) is 8. The molecule has 3 atom stereocenters. The summed E-state index contributed by atoms with van der Waals surface area (Å²) >= 11 is 0. The van der Waals surface area contributed by atoms with Crippen molar-refractivity contribution in [2.24, 2.45) is 20.5 Å². The molecule has 0 saturated heterocycles. The van der Waals surface area contributed by atoms with Crippen LogP contribution in [-0.4, -0.2) is 22.2 Å². The van der Waals surface area contributed by atoms with Crippen LogP contribution in [0.4, 0.5) is 0 Å². The normalized spacial score (nSPS) is 16.3. The molecule has 0 saturated carbocycles. The second-order valence-corrected chi connectivity index (χ2v) is 10.1. The van der Waals surface area contributed by atoms with Gasteiger partial charge in [-0.1, -0.05) is 66.7 Å². The van der Waals surface area contributed by atoms with E-state index < -0.39 is 22.2 Å². The maximum Gasteiger partial charge on any atom is 0.167 e. The molecule has 0 N–H and O–H groups in total. The molecule has 3 unspecified atom stereocenters. The Morgan fingerprint density at radius 1 is 0.472 bits per heavy atom. The second-order valence-electron chi connectivity index (χ2n) is 10.1. The lowest BCUT2D eigenvalue weighted by Crippen LogP contribution is -2.25. The summed E-state index contributed by atoms with van der Waals surface area (Å²) in [5, 5.41) is 53.3. The Hall–Kier alpha value is -2.84. The minimum atomic E-state index is -0.794. The molecule has 0 spiro atoms. The van der Waals surface area contributed by atoms with Crippen LogP contribution in [0, 0.1) is 45.3 Å². The first kappa shape index (κ1) is 35.3. The number of nitriles is 4. The molecule has 0 aromatic carbocycles. The Bertz CT molecular complexity index is 834. The molecule has 0 bridgehead atoms. The summed E-state index contributed by atoms with van der Waals surface area (Å²) in [5.41, 5.74) is -3.14. The summed E-state index contributed by atoms with van der Waals surface area (Å²) < 4.78 is 0. The van der Waals surface area contributed by atoms with E-state index in [1.165, 1.54) is 0 Å². The Labute approximate surface area is 220 Å². The highest BCUT2D eigenvalue weighted by Gasteiger charge is 2.29. The molecule has 8 nitrogen and oxygen atoms in total. The Morgan fingerprint density at radius 2 is 0.833 bits per heavy atom. The molecule has 0 heterocycles. The first-order chi connectivity index (χ1) is 17.0. The van der Waals surface area contributed by atoms with Gasteiger partial charge in [0.15, 0.2) is 22.2 Å². The van der Waals surface area contributed by atoms with Crippen molar-refractivity contribution in [3.05, 3.63) is 0 Å². The highest BCUT2D eigenvalue weighted by atomic mass is 15.2. The molecule has 0 rings (SSSR count). The highest BCUT2D eigenvalue weighted by molar-refractivity contribution is 5.08. The minimum Gasteiger partial charge on any atom is -0.196 e. The highest BCUT2D eigenvalue weighted by Crippen LogP contribution is 2.26. The zero-order valence-corrected chi connectivity index (χ0v) is 24.1. The molecule has 0 fully saturated rings. The molecule has 0 radical (unpaired) electrons. The molecule has 0 aromatic heterocycles. The van der Waals surface area contributed by atoms with Gasteiger partial charge < -0.3 is 0 Å². The first-order valence-electron chi connectivity index (χ1n) is 13.5. The van der Waals surface area contributed by atoms with Crippen molar-refractivity contribution in [3.8, 4) is 24.3 Å². The van der Waals surface area contributed by atoms with Crippen LogP contribution in [0.3, 0.4) is 0 Å². The number of hydrogen-bond donors (Lipinski definition) is 0. The Morgan fingerprint density at radius 3 is 1.11 bits per heavy atom. The van der Waals surface area contributed by atoms with Crippen molar-refractivity contribution in [1.29, 1.82) is 21.0 Å². The molecule has 0 aromatic rings. The largest absolute Gasteiger partial charge is 0.196 e. The quantitative estimate of drug-likeness (QED) is 0.155. The fourth-order valence-corrected chi connectivity index (χ4v) is 3.31. The number of unbranched alkanes of at least 4 members (excludes halogenated alkanes) is 4. The van der Waals surface area contributed by atoms with Crippen LogP contribution in [0.15, 0.2) is 20.5 Å². The molecule has 0 amide bonds. The monoisotopic (exact) mass is 496 g/mol. The van der Waals surface area contributed by atoms with Crippen LogP contribution in [0.25, 0.3) is 0 Å². The van der Waals surface area contributed by atoms with Crippen LogP contribution in [0.5, 0.6) is 0 Å². The first-order valence-corrected chi connectivity index (χ1v) is 13.5. The van der Waals surface area contributed by atoms with Gasteiger partial charge in [0.1, 0.15) is 0 Å². The average molecular weight is 497 g/mol. The Balaban J connectivity index is 0. The van der Waals surface area contributed by atoms with Crippen LogP contribution in [0.2, 0.25) is 0 Å². The van der Waals surface area contributed by atoms with Crippen LogP contribution in [-0.2, 0) is 0 Å². The third kappa shape index (κ3) is 13.9. The lowest BCUT2D eigenvalue weighted by atomic mass is 9.95. The van der Waals surface area contributed by atoms with Gasteiger partial charge in [-0.3, -0.25) is 0 Å². The van der Waals surface area contributed by atoms with Crippen molar-refractivity contribution in [1.82, 2.24) is 0 Å². The predicted octanol–water partition coefficient (Wildman–Crippen LogP) is 8.77. The van der Waals surface area contributed by atoms with Gasteiger partial charge in [0.25, 0.3) is 0 Å². The van der Waals surface area contributed by atoms with Gasteiger partial charge in [0.05, 0.1) is 24.3 Å². The van der Waals surface area contributed by atoms with Gasteiger partial charge in [0.2, 0.25) is 0 Å². The Kier molecular flexibility index (Phi) is 18.1. The minimum absolute atomic E-state index is 0.625. The van der Waals surface area contributed by atoms with Gasteiger partial charge in [-0.25, -0.2) is 0 Å². The topological polar surface area (TPSA) is 145 Å². The maximum absolute atomic E-state index is 9.21. The standard InChI is InChI=1S/2C14H24N4/c1-5-7-8-10-14(4,12-16)18-17-13(3,11-15)9-6-2;1-5-8-9-10-13(4,11-15)17-18-14(6-2,7-3)12-16/h2*5-10H2,1-4H3/b2*18-17+. The smallest absolute Gasteiger partial charge is 0.167 e. The predicted molar refractivity (Wildman–Crippen MR) is 144 cm³/mol. The van der Waals surface area contributed by atoms with Gasteiger partial charge >= 0.3 is 0 Å². The molecule has 200 valence electrons. The fourth-order valence-electron chi connectivity index (χ4n) is 3.31. The van der Waals surface area contributed by atoms with Crippen molar-refractivity contribution in [2.45, 2.75) is 155 Å². The van der Waals surface area contributed by atoms with E-state index in [1.54, 1.807) is 20.8 Å². The van der Waals surface area contributed by atoms with Gasteiger partial charge in [-0.15, -0.1) is 0 Å². The van der Waals surface area contributed by atoms with Crippen LogP contribution in [0.1, 0.15) is 132 Å². The van der Waals surface area contributed by atoms with E-state index in [-0.39, 0.29) is 0 Å².